The van der Waals surface area contributed by atoms with Gasteiger partial charge in [0.25, 0.3) is 5.91 Å². The molecule has 3 aromatic rings. The molecule has 1 aromatic heterocycles. The molecule has 0 unspecified atom stereocenters. The van der Waals surface area contributed by atoms with Crippen molar-refractivity contribution in [1.82, 2.24) is 9.97 Å². The first-order valence-electron chi connectivity index (χ1n) is 7.65. The summed E-state index contributed by atoms with van der Waals surface area (Å²) in [7, 11) is 0. The van der Waals surface area contributed by atoms with E-state index in [1.165, 1.54) is 54.9 Å². The standard InChI is InChI=1S/C18H12F4N4O/c19-12-5-7-13(8-6-12)25-16(27)11-9-23-17(24-10-11)26-15-4-2-1-3-14(15)18(20,21)22/h1-10H,(H,25,27)(H,23,24,26). The maximum absolute atomic E-state index is 13.0. The monoisotopic (exact) mass is 376 g/mol. The van der Waals surface area contributed by atoms with Crippen LogP contribution < -0.4 is 10.6 Å². The summed E-state index contributed by atoms with van der Waals surface area (Å²) in [6.07, 6.45) is -2.19. The second-order valence-electron chi connectivity index (χ2n) is 5.42. The van der Waals surface area contributed by atoms with E-state index in [9.17, 15) is 22.4 Å². The van der Waals surface area contributed by atoms with Crippen molar-refractivity contribution in [2.75, 3.05) is 10.6 Å². The molecular formula is C18H12F4N4O. The molecule has 3 rings (SSSR count). The van der Waals surface area contributed by atoms with Gasteiger partial charge in [-0.2, -0.15) is 13.2 Å². The van der Waals surface area contributed by atoms with Crippen molar-refractivity contribution < 1.29 is 22.4 Å². The molecule has 138 valence electrons. The molecule has 27 heavy (non-hydrogen) atoms. The number of hydrogen-bond acceptors (Lipinski definition) is 4. The lowest BCUT2D eigenvalue weighted by molar-refractivity contribution is -0.136. The van der Waals surface area contributed by atoms with Gasteiger partial charge in [-0.1, -0.05) is 12.1 Å². The summed E-state index contributed by atoms with van der Waals surface area (Å²) >= 11 is 0. The third kappa shape index (κ3) is 4.57. The fourth-order valence-electron chi connectivity index (χ4n) is 2.21. The van der Waals surface area contributed by atoms with Crippen LogP contribution in [0.25, 0.3) is 0 Å². The van der Waals surface area contributed by atoms with Gasteiger partial charge in [0.15, 0.2) is 0 Å². The Hall–Kier alpha value is -3.49. The molecule has 1 amide bonds. The molecule has 1 heterocycles. The molecule has 2 aromatic carbocycles. The SMILES string of the molecule is O=C(Nc1ccc(F)cc1)c1cnc(Nc2ccccc2C(F)(F)F)nc1. The van der Waals surface area contributed by atoms with Gasteiger partial charge in [-0.25, -0.2) is 14.4 Å². The van der Waals surface area contributed by atoms with Crippen LogP contribution in [0.1, 0.15) is 15.9 Å². The maximum Gasteiger partial charge on any atom is 0.418 e. The van der Waals surface area contributed by atoms with Crippen LogP contribution in [0.4, 0.5) is 34.9 Å². The zero-order chi connectivity index (χ0) is 19.4. The zero-order valence-electron chi connectivity index (χ0n) is 13.6. The van der Waals surface area contributed by atoms with Crippen molar-refractivity contribution >= 4 is 23.2 Å². The highest BCUT2D eigenvalue weighted by molar-refractivity contribution is 6.03. The predicted molar refractivity (Wildman–Crippen MR) is 91.1 cm³/mol. The Kier molecular flexibility index (Phi) is 5.02. The zero-order valence-corrected chi connectivity index (χ0v) is 13.6. The van der Waals surface area contributed by atoms with Gasteiger partial charge in [0.1, 0.15) is 5.82 Å². The minimum atomic E-state index is -4.53. The summed E-state index contributed by atoms with van der Waals surface area (Å²) in [6.45, 7) is 0. The average Bonchev–Trinajstić information content (AvgIpc) is 2.64. The van der Waals surface area contributed by atoms with Gasteiger partial charge in [-0.15, -0.1) is 0 Å². The summed E-state index contributed by atoms with van der Waals surface area (Å²) in [4.78, 5) is 19.8. The van der Waals surface area contributed by atoms with E-state index in [-0.39, 0.29) is 17.2 Å². The molecule has 0 bridgehead atoms. The Morgan fingerprint density at radius 2 is 1.56 bits per heavy atom. The molecule has 0 aliphatic carbocycles. The summed E-state index contributed by atoms with van der Waals surface area (Å²) in [6, 6.07) is 10.1. The molecule has 0 aliphatic heterocycles. The Morgan fingerprint density at radius 3 is 2.19 bits per heavy atom. The average molecular weight is 376 g/mol. The largest absolute Gasteiger partial charge is 0.418 e. The van der Waals surface area contributed by atoms with Crippen molar-refractivity contribution in [3.05, 3.63) is 77.9 Å². The number of nitrogens with zero attached hydrogens (tertiary/aromatic N) is 2. The lowest BCUT2D eigenvalue weighted by atomic mass is 10.1. The summed E-state index contributed by atoms with van der Waals surface area (Å²) in [5.41, 5.74) is -0.586. The number of hydrogen-bond donors (Lipinski definition) is 2. The Labute approximate surface area is 151 Å². The van der Waals surface area contributed by atoms with Crippen molar-refractivity contribution in [3.8, 4) is 0 Å². The molecule has 0 fully saturated rings. The summed E-state index contributed by atoms with van der Waals surface area (Å²) in [5.74, 6) is -1.07. The van der Waals surface area contributed by atoms with Crippen molar-refractivity contribution in [2.24, 2.45) is 0 Å². The van der Waals surface area contributed by atoms with E-state index in [2.05, 4.69) is 20.6 Å². The van der Waals surface area contributed by atoms with E-state index < -0.39 is 23.5 Å². The molecule has 0 spiro atoms. The molecule has 0 saturated carbocycles. The number of nitrogens with one attached hydrogen (secondary N) is 2. The molecular weight excluding hydrogens is 364 g/mol. The number of amides is 1. The highest BCUT2D eigenvalue weighted by Crippen LogP contribution is 2.35. The van der Waals surface area contributed by atoms with Crippen LogP contribution in [-0.2, 0) is 6.18 Å². The summed E-state index contributed by atoms with van der Waals surface area (Å²) < 4.78 is 51.8. The Morgan fingerprint density at radius 1 is 0.926 bits per heavy atom. The molecule has 0 atom stereocenters. The normalized spacial score (nSPS) is 11.1. The van der Waals surface area contributed by atoms with E-state index in [1.807, 2.05) is 0 Å². The Bertz CT molecular complexity index is 941. The van der Waals surface area contributed by atoms with Crippen molar-refractivity contribution in [3.63, 3.8) is 0 Å². The van der Waals surface area contributed by atoms with Crippen LogP contribution in [0.2, 0.25) is 0 Å². The van der Waals surface area contributed by atoms with E-state index >= 15 is 0 Å². The first kappa shape index (κ1) is 18.3. The van der Waals surface area contributed by atoms with Crippen molar-refractivity contribution in [1.29, 1.82) is 0 Å². The summed E-state index contributed by atoms with van der Waals surface area (Å²) in [5, 5.41) is 5.01. The van der Waals surface area contributed by atoms with Crippen LogP contribution in [0.3, 0.4) is 0 Å². The van der Waals surface area contributed by atoms with Gasteiger partial charge in [0, 0.05) is 18.1 Å². The minimum absolute atomic E-state index is 0.0916. The lowest BCUT2D eigenvalue weighted by Crippen LogP contribution is -2.13. The number of halogens is 4. The first-order valence-corrected chi connectivity index (χ1v) is 7.65. The van der Waals surface area contributed by atoms with E-state index in [4.69, 9.17) is 0 Å². The minimum Gasteiger partial charge on any atom is -0.324 e. The number of carbonyl (C=O) groups excluding carboxylic acids is 1. The molecule has 0 saturated heterocycles. The number of anilines is 3. The van der Waals surface area contributed by atoms with Crippen LogP contribution in [0, 0.1) is 5.82 Å². The van der Waals surface area contributed by atoms with Gasteiger partial charge < -0.3 is 10.6 Å². The number of rotatable bonds is 4. The van der Waals surface area contributed by atoms with Gasteiger partial charge in [-0.3, -0.25) is 4.79 Å². The van der Waals surface area contributed by atoms with Crippen LogP contribution >= 0.6 is 0 Å². The van der Waals surface area contributed by atoms with E-state index in [1.54, 1.807) is 0 Å². The molecule has 2 N–H and O–H groups in total. The number of para-hydroxylation sites is 1. The first-order chi connectivity index (χ1) is 12.8. The molecule has 9 heteroatoms. The molecule has 0 aliphatic rings. The van der Waals surface area contributed by atoms with Crippen LogP contribution in [0.5, 0.6) is 0 Å². The van der Waals surface area contributed by atoms with E-state index in [0.29, 0.717) is 5.69 Å². The predicted octanol–water partition coefficient (Wildman–Crippen LogP) is 4.63. The number of alkyl halides is 3. The second-order valence-corrected chi connectivity index (χ2v) is 5.42. The fourth-order valence-corrected chi connectivity index (χ4v) is 2.21. The van der Waals surface area contributed by atoms with Crippen molar-refractivity contribution in [2.45, 2.75) is 6.18 Å². The number of benzene rings is 2. The van der Waals surface area contributed by atoms with Gasteiger partial charge in [-0.05, 0) is 36.4 Å². The third-order valence-electron chi connectivity index (χ3n) is 3.50. The molecule has 5 nitrogen and oxygen atoms in total. The third-order valence-corrected chi connectivity index (χ3v) is 3.50. The van der Waals surface area contributed by atoms with Crippen LogP contribution in [-0.4, -0.2) is 15.9 Å². The molecule has 0 radical (unpaired) electrons. The number of aromatic nitrogens is 2. The topological polar surface area (TPSA) is 66.9 Å². The lowest BCUT2D eigenvalue weighted by Gasteiger charge is -2.13. The quantitative estimate of drug-likeness (QED) is 0.652. The van der Waals surface area contributed by atoms with Gasteiger partial charge in [0.05, 0.1) is 16.8 Å². The second kappa shape index (κ2) is 7.40. The highest BCUT2D eigenvalue weighted by atomic mass is 19.4. The highest BCUT2D eigenvalue weighted by Gasteiger charge is 2.33. The van der Waals surface area contributed by atoms with E-state index in [0.717, 1.165) is 6.07 Å². The Balaban J connectivity index is 1.72. The maximum atomic E-state index is 13.0. The number of carbonyl (C=O) groups is 1. The smallest absolute Gasteiger partial charge is 0.324 e. The fraction of sp³-hybridized carbons (Fsp3) is 0.0556. The van der Waals surface area contributed by atoms with Gasteiger partial charge >= 0.3 is 6.18 Å². The van der Waals surface area contributed by atoms with Gasteiger partial charge in [0.2, 0.25) is 5.95 Å². The van der Waals surface area contributed by atoms with Crippen LogP contribution in [0.15, 0.2) is 60.9 Å².